The van der Waals surface area contributed by atoms with Crippen LogP contribution in [0.15, 0.2) is 36.9 Å². The number of hydrogen-bond donors (Lipinski definition) is 2. The predicted octanol–water partition coefficient (Wildman–Crippen LogP) is 1.42. The molecule has 4 nitrogen and oxygen atoms in total. The highest BCUT2D eigenvalue weighted by Crippen LogP contribution is 2.02. The van der Waals surface area contributed by atoms with Gasteiger partial charge in [0.1, 0.15) is 0 Å². The van der Waals surface area contributed by atoms with Crippen LogP contribution in [0.2, 0.25) is 0 Å². The molecular weight excluding hydrogens is 228 g/mol. The number of carbonyl (C=O) groups excluding carboxylic acids is 2. The van der Waals surface area contributed by atoms with Crippen molar-refractivity contribution in [3.63, 3.8) is 0 Å². The van der Waals surface area contributed by atoms with Gasteiger partial charge in [-0.2, -0.15) is 0 Å². The lowest BCUT2D eigenvalue weighted by Gasteiger charge is -2.06. The average molecular weight is 246 g/mol. The number of carbonyl (C=O) groups is 2. The van der Waals surface area contributed by atoms with Crippen molar-refractivity contribution < 1.29 is 9.59 Å². The molecule has 1 rings (SSSR count). The van der Waals surface area contributed by atoms with Crippen molar-refractivity contribution in [2.75, 3.05) is 13.1 Å². The molecule has 2 amide bonds. The number of rotatable bonds is 6. The highest BCUT2D eigenvalue weighted by atomic mass is 16.2. The zero-order valence-electron chi connectivity index (χ0n) is 10.5. The lowest BCUT2D eigenvalue weighted by molar-refractivity contribution is -0.120. The Bertz CT molecular complexity index is 424. The maximum absolute atomic E-state index is 11.7. The van der Waals surface area contributed by atoms with Crippen LogP contribution >= 0.6 is 0 Å². The molecule has 0 unspecified atom stereocenters. The van der Waals surface area contributed by atoms with E-state index >= 15 is 0 Å². The lowest BCUT2D eigenvalue weighted by Crippen LogP contribution is -2.37. The van der Waals surface area contributed by atoms with Gasteiger partial charge in [0.05, 0.1) is 6.54 Å². The van der Waals surface area contributed by atoms with Crippen LogP contribution in [0.1, 0.15) is 22.3 Å². The zero-order valence-corrected chi connectivity index (χ0v) is 10.5. The fourth-order valence-electron chi connectivity index (χ4n) is 1.34. The highest BCUT2D eigenvalue weighted by molar-refractivity contribution is 5.96. The number of nitrogens with one attached hydrogen (secondary N) is 2. The number of aryl methyl sites for hydroxylation is 1. The second-order valence-electron chi connectivity index (χ2n) is 3.98. The summed E-state index contributed by atoms with van der Waals surface area (Å²) >= 11 is 0. The van der Waals surface area contributed by atoms with Gasteiger partial charge in [-0.05, 0) is 25.5 Å². The van der Waals surface area contributed by atoms with Crippen molar-refractivity contribution in [3.8, 4) is 0 Å². The van der Waals surface area contributed by atoms with E-state index in [0.717, 1.165) is 12.0 Å². The van der Waals surface area contributed by atoms with E-state index in [4.69, 9.17) is 0 Å². The van der Waals surface area contributed by atoms with Crippen molar-refractivity contribution in [1.29, 1.82) is 0 Å². The molecule has 4 heteroatoms. The van der Waals surface area contributed by atoms with E-state index in [0.29, 0.717) is 12.1 Å². The third kappa shape index (κ3) is 4.82. The predicted molar refractivity (Wildman–Crippen MR) is 71.3 cm³/mol. The number of benzene rings is 1. The Morgan fingerprint density at radius 3 is 2.50 bits per heavy atom. The Morgan fingerprint density at radius 2 is 1.89 bits per heavy atom. The molecule has 0 saturated carbocycles. The fraction of sp³-hybridized carbons (Fsp3) is 0.286. The van der Waals surface area contributed by atoms with E-state index < -0.39 is 0 Å². The summed E-state index contributed by atoms with van der Waals surface area (Å²) in [6, 6.07) is 7.19. The van der Waals surface area contributed by atoms with Gasteiger partial charge >= 0.3 is 0 Å². The summed E-state index contributed by atoms with van der Waals surface area (Å²) in [6.07, 6.45) is 2.45. The van der Waals surface area contributed by atoms with Gasteiger partial charge in [-0.15, -0.1) is 6.58 Å². The average Bonchev–Trinajstić information content (AvgIpc) is 2.37. The normalized spacial score (nSPS) is 9.61. The molecule has 0 aliphatic rings. The Kier molecular flexibility index (Phi) is 5.64. The topological polar surface area (TPSA) is 58.2 Å². The first-order valence-corrected chi connectivity index (χ1v) is 5.86. The van der Waals surface area contributed by atoms with Gasteiger partial charge < -0.3 is 10.6 Å². The van der Waals surface area contributed by atoms with E-state index in [1.54, 1.807) is 18.2 Å². The monoisotopic (exact) mass is 246 g/mol. The first kappa shape index (κ1) is 14.0. The minimum Gasteiger partial charge on any atom is -0.354 e. The van der Waals surface area contributed by atoms with Gasteiger partial charge in [0.2, 0.25) is 5.91 Å². The molecule has 0 atom stereocenters. The summed E-state index contributed by atoms with van der Waals surface area (Å²) in [7, 11) is 0. The van der Waals surface area contributed by atoms with Crippen LogP contribution < -0.4 is 10.6 Å². The molecule has 0 saturated heterocycles. The van der Waals surface area contributed by atoms with Gasteiger partial charge in [0.15, 0.2) is 0 Å². The molecule has 2 N–H and O–H groups in total. The van der Waals surface area contributed by atoms with Gasteiger partial charge in [-0.1, -0.05) is 23.8 Å². The van der Waals surface area contributed by atoms with Crippen molar-refractivity contribution in [2.45, 2.75) is 13.3 Å². The van der Waals surface area contributed by atoms with E-state index in [-0.39, 0.29) is 18.4 Å². The Balaban J connectivity index is 2.34. The van der Waals surface area contributed by atoms with Crippen LogP contribution in [0.4, 0.5) is 0 Å². The van der Waals surface area contributed by atoms with E-state index in [2.05, 4.69) is 17.2 Å². The lowest BCUT2D eigenvalue weighted by atomic mass is 10.1. The third-order valence-electron chi connectivity index (χ3n) is 2.39. The smallest absolute Gasteiger partial charge is 0.251 e. The molecule has 0 radical (unpaired) electrons. The fourth-order valence-corrected chi connectivity index (χ4v) is 1.34. The van der Waals surface area contributed by atoms with Crippen molar-refractivity contribution in [3.05, 3.63) is 48.0 Å². The van der Waals surface area contributed by atoms with Crippen LogP contribution in [0, 0.1) is 6.92 Å². The van der Waals surface area contributed by atoms with Crippen LogP contribution in [-0.4, -0.2) is 24.9 Å². The summed E-state index contributed by atoms with van der Waals surface area (Å²) < 4.78 is 0. The minimum atomic E-state index is -0.242. The number of hydrogen-bond acceptors (Lipinski definition) is 2. The maximum Gasteiger partial charge on any atom is 0.251 e. The number of amides is 2. The minimum absolute atomic E-state index is 0.0101. The SMILES string of the molecule is C=CCCNC(=O)CNC(=O)c1ccc(C)cc1. The molecule has 1 aromatic carbocycles. The van der Waals surface area contributed by atoms with Crippen LogP contribution in [-0.2, 0) is 4.79 Å². The summed E-state index contributed by atoms with van der Waals surface area (Å²) in [5.41, 5.74) is 1.65. The van der Waals surface area contributed by atoms with Crippen LogP contribution in [0.3, 0.4) is 0 Å². The molecule has 96 valence electrons. The molecule has 0 aliphatic carbocycles. The second-order valence-corrected chi connectivity index (χ2v) is 3.98. The van der Waals surface area contributed by atoms with E-state index in [9.17, 15) is 9.59 Å². The Morgan fingerprint density at radius 1 is 1.22 bits per heavy atom. The molecular formula is C14H18N2O2. The largest absolute Gasteiger partial charge is 0.354 e. The van der Waals surface area contributed by atoms with Crippen molar-refractivity contribution in [1.82, 2.24) is 10.6 Å². The quantitative estimate of drug-likeness (QED) is 0.589. The van der Waals surface area contributed by atoms with Gasteiger partial charge in [-0.25, -0.2) is 0 Å². The van der Waals surface area contributed by atoms with Crippen molar-refractivity contribution >= 4 is 11.8 Å². The highest BCUT2D eigenvalue weighted by Gasteiger charge is 2.06. The summed E-state index contributed by atoms with van der Waals surface area (Å²) in [4.78, 5) is 23.0. The summed E-state index contributed by atoms with van der Waals surface area (Å²) in [5.74, 6) is -0.439. The van der Waals surface area contributed by atoms with E-state index in [1.165, 1.54) is 0 Å². The first-order valence-electron chi connectivity index (χ1n) is 5.86. The zero-order chi connectivity index (χ0) is 13.4. The van der Waals surface area contributed by atoms with Crippen LogP contribution in [0.25, 0.3) is 0 Å². The van der Waals surface area contributed by atoms with Gasteiger partial charge in [0.25, 0.3) is 5.91 Å². The molecule has 0 bridgehead atoms. The molecule has 0 aliphatic heterocycles. The molecule has 0 fully saturated rings. The molecule has 1 aromatic rings. The van der Waals surface area contributed by atoms with E-state index in [1.807, 2.05) is 19.1 Å². The Hall–Kier alpha value is -2.10. The standard InChI is InChI=1S/C14H18N2O2/c1-3-4-9-15-13(17)10-16-14(18)12-7-5-11(2)6-8-12/h3,5-8H,1,4,9-10H2,2H3,(H,15,17)(H,16,18). The summed E-state index contributed by atoms with van der Waals surface area (Å²) in [6.45, 7) is 6.04. The third-order valence-corrected chi connectivity index (χ3v) is 2.39. The molecule has 18 heavy (non-hydrogen) atoms. The molecule has 0 spiro atoms. The molecule has 0 heterocycles. The summed E-state index contributed by atoms with van der Waals surface area (Å²) in [5, 5.41) is 5.24. The second kappa shape index (κ2) is 7.27. The van der Waals surface area contributed by atoms with Gasteiger partial charge in [-0.3, -0.25) is 9.59 Å². The Labute approximate surface area is 107 Å². The molecule has 0 aromatic heterocycles. The maximum atomic E-state index is 11.7. The van der Waals surface area contributed by atoms with Crippen LogP contribution in [0.5, 0.6) is 0 Å². The van der Waals surface area contributed by atoms with Gasteiger partial charge in [0, 0.05) is 12.1 Å². The first-order chi connectivity index (χ1) is 8.63. The van der Waals surface area contributed by atoms with Crippen molar-refractivity contribution in [2.24, 2.45) is 0 Å².